The van der Waals surface area contributed by atoms with E-state index in [9.17, 15) is 0 Å². The first-order chi connectivity index (χ1) is 12.4. The van der Waals surface area contributed by atoms with Crippen LogP contribution in [0.5, 0.6) is 0 Å². The number of nitrogens with one attached hydrogen (secondary N) is 1. The van der Waals surface area contributed by atoms with Gasteiger partial charge in [0, 0.05) is 10.6 Å². The Bertz CT molecular complexity index is 969. The molecule has 0 radical (unpaired) electrons. The van der Waals surface area contributed by atoms with Gasteiger partial charge >= 0.3 is 0 Å². The van der Waals surface area contributed by atoms with Crippen molar-refractivity contribution in [1.82, 2.24) is 15.0 Å². The SMILES string of the molecule is Cc1cc(C)c(Sc2nc(N)nc(Nc3ccc(C#N)cc3)n2)c(C)c1. The van der Waals surface area contributed by atoms with Gasteiger partial charge in [0.05, 0.1) is 11.6 Å². The number of aryl methyl sites for hydroxylation is 3. The zero-order valence-electron chi connectivity index (χ0n) is 14.7. The molecule has 1 heterocycles. The van der Waals surface area contributed by atoms with Crippen molar-refractivity contribution in [2.75, 3.05) is 11.1 Å². The number of aromatic nitrogens is 3. The van der Waals surface area contributed by atoms with Gasteiger partial charge in [-0.15, -0.1) is 0 Å². The molecule has 0 aliphatic heterocycles. The van der Waals surface area contributed by atoms with Crippen molar-refractivity contribution >= 4 is 29.3 Å². The van der Waals surface area contributed by atoms with Crippen molar-refractivity contribution in [2.45, 2.75) is 30.8 Å². The number of anilines is 3. The Morgan fingerprint density at radius 1 is 1.00 bits per heavy atom. The Balaban J connectivity index is 1.87. The molecule has 0 spiro atoms. The summed E-state index contributed by atoms with van der Waals surface area (Å²) in [4.78, 5) is 13.9. The van der Waals surface area contributed by atoms with Crippen LogP contribution in [0.15, 0.2) is 46.5 Å². The summed E-state index contributed by atoms with van der Waals surface area (Å²) in [6.45, 7) is 6.22. The zero-order chi connectivity index (χ0) is 18.7. The van der Waals surface area contributed by atoms with Gasteiger partial charge in [0.1, 0.15) is 0 Å². The molecular formula is C19H18N6S. The second kappa shape index (κ2) is 7.42. The van der Waals surface area contributed by atoms with Gasteiger partial charge in [0.15, 0.2) is 5.16 Å². The smallest absolute Gasteiger partial charge is 0.233 e. The van der Waals surface area contributed by atoms with E-state index in [2.05, 4.69) is 59.2 Å². The van der Waals surface area contributed by atoms with E-state index in [0.29, 0.717) is 16.7 Å². The van der Waals surface area contributed by atoms with Crippen molar-refractivity contribution in [3.05, 3.63) is 58.7 Å². The maximum atomic E-state index is 8.87. The van der Waals surface area contributed by atoms with Crippen LogP contribution in [0.25, 0.3) is 0 Å². The molecule has 0 aliphatic carbocycles. The summed E-state index contributed by atoms with van der Waals surface area (Å²) in [5.41, 5.74) is 10.8. The molecule has 3 aromatic rings. The van der Waals surface area contributed by atoms with Gasteiger partial charge in [-0.2, -0.15) is 20.2 Å². The Kier molecular flexibility index (Phi) is 5.05. The van der Waals surface area contributed by atoms with E-state index in [1.807, 2.05) is 0 Å². The van der Waals surface area contributed by atoms with E-state index in [0.717, 1.165) is 10.6 Å². The summed E-state index contributed by atoms with van der Waals surface area (Å²) in [7, 11) is 0. The molecule has 130 valence electrons. The standard InChI is InChI=1S/C19H18N6S/c1-11-8-12(2)16(13(3)9-11)26-19-24-17(21)23-18(25-19)22-15-6-4-14(10-20)5-7-15/h4-9H,1-3H3,(H3,21,22,23,24,25). The minimum Gasteiger partial charge on any atom is -0.368 e. The van der Waals surface area contributed by atoms with Gasteiger partial charge in [0.25, 0.3) is 0 Å². The quantitative estimate of drug-likeness (QED) is 0.719. The van der Waals surface area contributed by atoms with E-state index >= 15 is 0 Å². The molecular weight excluding hydrogens is 344 g/mol. The van der Waals surface area contributed by atoms with Crippen LogP contribution in [-0.2, 0) is 0 Å². The van der Waals surface area contributed by atoms with Gasteiger partial charge in [-0.3, -0.25) is 0 Å². The number of rotatable bonds is 4. The number of nitrogens with two attached hydrogens (primary N) is 1. The monoisotopic (exact) mass is 362 g/mol. The topological polar surface area (TPSA) is 101 Å². The van der Waals surface area contributed by atoms with Gasteiger partial charge in [-0.05, 0) is 67.9 Å². The van der Waals surface area contributed by atoms with Crippen LogP contribution < -0.4 is 11.1 Å². The average molecular weight is 362 g/mol. The lowest BCUT2D eigenvalue weighted by molar-refractivity contribution is 0.923. The molecule has 0 bridgehead atoms. The molecule has 3 rings (SSSR count). The van der Waals surface area contributed by atoms with E-state index < -0.39 is 0 Å². The van der Waals surface area contributed by atoms with Crippen LogP contribution in [0.4, 0.5) is 17.6 Å². The Labute approximate surface area is 156 Å². The highest BCUT2D eigenvalue weighted by molar-refractivity contribution is 7.99. The molecule has 7 heteroatoms. The van der Waals surface area contributed by atoms with Crippen LogP contribution >= 0.6 is 11.8 Å². The van der Waals surface area contributed by atoms with Crippen molar-refractivity contribution in [3.63, 3.8) is 0 Å². The van der Waals surface area contributed by atoms with Crippen LogP contribution in [0.1, 0.15) is 22.3 Å². The minimum atomic E-state index is 0.154. The zero-order valence-corrected chi connectivity index (χ0v) is 15.6. The third kappa shape index (κ3) is 4.10. The fourth-order valence-electron chi connectivity index (χ4n) is 2.65. The lowest BCUT2D eigenvalue weighted by Gasteiger charge is -2.11. The molecule has 0 saturated heterocycles. The fraction of sp³-hybridized carbons (Fsp3) is 0.158. The Hall–Kier alpha value is -3.11. The largest absolute Gasteiger partial charge is 0.368 e. The van der Waals surface area contributed by atoms with Crippen LogP contribution in [0.2, 0.25) is 0 Å². The van der Waals surface area contributed by atoms with Crippen molar-refractivity contribution in [2.24, 2.45) is 0 Å². The maximum Gasteiger partial charge on any atom is 0.233 e. The first kappa shape index (κ1) is 17.7. The molecule has 0 atom stereocenters. The highest BCUT2D eigenvalue weighted by Gasteiger charge is 2.11. The normalized spacial score (nSPS) is 10.4. The molecule has 0 fully saturated rings. The molecule has 3 N–H and O–H groups in total. The number of hydrogen-bond acceptors (Lipinski definition) is 7. The third-order valence-electron chi connectivity index (χ3n) is 3.70. The Morgan fingerprint density at radius 2 is 1.65 bits per heavy atom. The number of nitrogen functional groups attached to an aromatic ring is 1. The lowest BCUT2D eigenvalue weighted by Crippen LogP contribution is -2.04. The first-order valence-electron chi connectivity index (χ1n) is 7.99. The summed E-state index contributed by atoms with van der Waals surface area (Å²) < 4.78 is 0. The molecule has 26 heavy (non-hydrogen) atoms. The molecule has 6 nitrogen and oxygen atoms in total. The molecule has 0 amide bonds. The van der Waals surface area contributed by atoms with Crippen LogP contribution in [0.3, 0.4) is 0 Å². The number of nitriles is 1. The minimum absolute atomic E-state index is 0.154. The number of hydrogen-bond donors (Lipinski definition) is 2. The highest BCUT2D eigenvalue weighted by atomic mass is 32.2. The van der Waals surface area contributed by atoms with Gasteiger partial charge in [-0.1, -0.05) is 17.7 Å². The van der Waals surface area contributed by atoms with E-state index in [4.69, 9.17) is 11.0 Å². The molecule has 0 unspecified atom stereocenters. The number of nitrogens with zero attached hydrogens (tertiary/aromatic N) is 4. The third-order valence-corrected chi connectivity index (χ3v) is 4.91. The van der Waals surface area contributed by atoms with Gasteiger partial charge in [-0.25, -0.2) is 0 Å². The summed E-state index contributed by atoms with van der Waals surface area (Å²) in [5, 5.41) is 12.5. The lowest BCUT2D eigenvalue weighted by atomic mass is 10.1. The molecule has 0 saturated carbocycles. The molecule has 1 aromatic heterocycles. The van der Waals surface area contributed by atoms with Crippen molar-refractivity contribution in [1.29, 1.82) is 5.26 Å². The van der Waals surface area contributed by atoms with Crippen molar-refractivity contribution < 1.29 is 0 Å². The average Bonchev–Trinajstić information content (AvgIpc) is 2.58. The van der Waals surface area contributed by atoms with E-state index in [1.165, 1.54) is 28.5 Å². The van der Waals surface area contributed by atoms with Gasteiger partial charge < -0.3 is 11.1 Å². The second-order valence-electron chi connectivity index (χ2n) is 5.94. The summed E-state index contributed by atoms with van der Waals surface area (Å²) >= 11 is 1.47. The summed E-state index contributed by atoms with van der Waals surface area (Å²) in [5.74, 6) is 0.521. The molecule has 2 aromatic carbocycles. The summed E-state index contributed by atoms with van der Waals surface area (Å²) in [6.07, 6.45) is 0. The fourth-order valence-corrected chi connectivity index (χ4v) is 3.54. The molecule has 0 aliphatic rings. The highest BCUT2D eigenvalue weighted by Crippen LogP contribution is 2.32. The Morgan fingerprint density at radius 3 is 2.27 bits per heavy atom. The first-order valence-corrected chi connectivity index (χ1v) is 8.80. The van der Waals surface area contributed by atoms with Crippen LogP contribution in [0, 0.1) is 32.1 Å². The van der Waals surface area contributed by atoms with E-state index in [-0.39, 0.29) is 5.95 Å². The predicted molar refractivity (Wildman–Crippen MR) is 103 cm³/mol. The van der Waals surface area contributed by atoms with Crippen LogP contribution in [-0.4, -0.2) is 15.0 Å². The van der Waals surface area contributed by atoms with Gasteiger partial charge in [0.2, 0.25) is 11.9 Å². The maximum absolute atomic E-state index is 8.87. The number of benzene rings is 2. The van der Waals surface area contributed by atoms with E-state index in [1.54, 1.807) is 24.3 Å². The second-order valence-corrected chi connectivity index (χ2v) is 6.92. The van der Waals surface area contributed by atoms with Crippen molar-refractivity contribution in [3.8, 4) is 6.07 Å². The summed E-state index contributed by atoms with van der Waals surface area (Å²) in [6, 6.07) is 13.4. The predicted octanol–water partition coefficient (Wildman–Crippen LogP) is 4.15.